The van der Waals surface area contributed by atoms with Crippen molar-refractivity contribution in [1.29, 1.82) is 0 Å². The van der Waals surface area contributed by atoms with E-state index in [2.05, 4.69) is 45.6 Å². The van der Waals surface area contributed by atoms with Crippen LogP contribution in [0.15, 0.2) is 11.8 Å². The average molecular weight is 334 g/mol. The third-order valence-electron chi connectivity index (χ3n) is 6.36. The summed E-state index contributed by atoms with van der Waals surface area (Å²) in [5.74, 6) is 1.66. The van der Waals surface area contributed by atoms with Gasteiger partial charge in [0.25, 0.3) is 0 Å². The molecule has 1 nitrogen and oxygen atoms in total. The molecule has 0 aromatic rings. The lowest BCUT2D eigenvalue weighted by molar-refractivity contribution is 0.120. The van der Waals surface area contributed by atoms with Crippen LogP contribution in [0.2, 0.25) is 0 Å². The zero-order chi connectivity index (χ0) is 17.6. The smallest absolute Gasteiger partial charge is 0.0317 e. The summed E-state index contributed by atoms with van der Waals surface area (Å²) in [6.45, 7) is 12.2. The Morgan fingerprint density at radius 3 is 2.12 bits per heavy atom. The second-order valence-corrected chi connectivity index (χ2v) is 9.63. The fourth-order valence-electron chi connectivity index (χ4n) is 5.08. The van der Waals surface area contributed by atoms with Gasteiger partial charge in [0.15, 0.2) is 0 Å². The first kappa shape index (κ1) is 19.9. The van der Waals surface area contributed by atoms with Gasteiger partial charge < -0.3 is 4.90 Å². The predicted molar refractivity (Wildman–Crippen MR) is 107 cm³/mol. The van der Waals surface area contributed by atoms with Crippen LogP contribution in [0, 0.1) is 11.8 Å². The summed E-state index contributed by atoms with van der Waals surface area (Å²) in [6, 6.07) is 0.674. The number of nitrogens with zero attached hydrogens (tertiary/aromatic N) is 1. The Bertz CT molecular complexity index is 389. The van der Waals surface area contributed by atoms with Crippen LogP contribution >= 0.6 is 0 Å². The molecule has 1 aliphatic carbocycles. The lowest BCUT2D eigenvalue weighted by Gasteiger charge is -2.45. The van der Waals surface area contributed by atoms with Crippen LogP contribution in [0.3, 0.4) is 0 Å². The molecule has 0 spiro atoms. The normalized spacial score (nSPS) is 31.8. The van der Waals surface area contributed by atoms with Crippen LogP contribution in [-0.4, -0.2) is 16.5 Å². The monoisotopic (exact) mass is 333 g/mol. The molecule has 2 aliphatic rings. The molecular formula is C23H43N. The van der Waals surface area contributed by atoms with E-state index in [1.807, 2.05) is 0 Å². The van der Waals surface area contributed by atoms with Crippen LogP contribution in [0.4, 0.5) is 0 Å². The molecule has 1 aliphatic heterocycles. The molecular weight excluding hydrogens is 290 g/mol. The molecule has 0 aromatic carbocycles. The van der Waals surface area contributed by atoms with Gasteiger partial charge in [-0.1, -0.05) is 64.4 Å². The van der Waals surface area contributed by atoms with E-state index in [0.29, 0.717) is 6.04 Å². The summed E-state index contributed by atoms with van der Waals surface area (Å²) in [5.41, 5.74) is 1.91. The first-order chi connectivity index (χ1) is 11.4. The largest absolute Gasteiger partial charge is 0.368 e. The highest BCUT2D eigenvalue weighted by molar-refractivity contribution is 5.10. The van der Waals surface area contributed by atoms with Gasteiger partial charge in [-0.3, -0.25) is 0 Å². The van der Waals surface area contributed by atoms with Crippen molar-refractivity contribution in [2.45, 2.75) is 123 Å². The summed E-state index contributed by atoms with van der Waals surface area (Å²) in [7, 11) is 0. The van der Waals surface area contributed by atoms with Crippen molar-refractivity contribution in [3.05, 3.63) is 11.8 Å². The third kappa shape index (κ3) is 5.81. The average Bonchev–Trinajstić information content (AvgIpc) is 2.52. The third-order valence-corrected chi connectivity index (χ3v) is 6.36. The van der Waals surface area contributed by atoms with Crippen LogP contribution < -0.4 is 0 Å². The lowest BCUT2D eigenvalue weighted by Crippen LogP contribution is -2.46. The molecule has 3 unspecified atom stereocenters. The molecule has 0 fully saturated rings. The minimum Gasteiger partial charge on any atom is -0.368 e. The van der Waals surface area contributed by atoms with E-state index in [-0.39, 0.29) is 5.54 Å². The van der Waals surface area contributed by atoms with E-state index in [1.54, 1.807) is 5.70 Å². The summed E-state index contributed by atoms with van der Waals surface area (Å²) in [5, 5.41) is 0. The van der Waals surface area contributed by atoms with E-state index in [1.165, 1.54) is 77.0 Å². The van der Waals surface area contributed by atoms with Crippen molar-refractivity contribution in [1.82, 2.24) is 4.90 Å². The minimum absolute atomic E-state index is 0.233. The molecule has 1 heteroatoms. The fourth-order valence-corrected chi connectivity index (χ4v) is 5.08. The van der Waals surface area contributed by atoms with Crippen LogP contribution in [0.25, 0.3) is 0 Å². The number of rotatable bonds is 0. The summed E-state index contributed by atoms with van der Waals surface area (Å²) >= 11 is 0. The van der Waals surface area contributed by atoms with Gasteiger partial charge in [-0.15, -0.1) is 0 Å². The van der Waals surface area contributed by atoms with Crippen LogP contribution in [0.1, 0.15) is 112 Å². The molecule has 0 saturated heterocycles. The second kappa shape index (κ2) is 9.30. The maximum absolute atomic E-state index is 2.81. The van der Waals surface area contributed by atoms with Gasteiger partial charge in [0, 0.05) is 17.3 Å². The van der Waals surface area contributed by atoms with E-state index in [4.69, 9.17) is 0 Å². The highest BCUT2D eigenvalue weighted by Crippen LogP contribution is 2.35. The zero-order valence-electron chi connectivity index (χ0n) is 17.2. The molecule has 0 radical (unpaired) electrons. The number of allylic oxidation sites excluding steroid dienone is 2. The maximum Gasteiger partial charge on any atom is 0.0317 e. The minimum atomic E-state index is 0.233. The van der Waals surface area contributed by atoms with Gasteiger partial charge in [0.2, 0.25) is 0 Å². The first-order valence-corrected chi connectivity index (χ1v) is 10.9. The van der Waals surface area contributed by atoms with Gasteiger partial charge in [-0.05, 0) is 65.2 Å². The van der Waals surface area contributed by atoms with E-state index in [0.717, 1.165) is 11.8 Å². The van der Waals surface area contributed by atoms with Crippen molar-refractivity contribution in [3.8, 4) is 0 Å². The summed E-state index contributed by atoms with van der Waals surface area (Å²) < 4.78 is 0. The highest BCUT2D eigenvalue weighted by Gasteiger charge is 2.29. The van der Waals surface area contributed by atoms with Gasteiger partial charge in [0.1, 0.15) is 0 Å². The molecule has 0 aromatic heterocycles. The van der Waals surface area contributed by atoms with Gasteiger partial charge in [0.05, 0.1) is 0 Å². The van der Waals surface area contributed by atoms with Crippen molar-refractivity contribution < 1.29 is 0 Å². The standard InChI is InChI=1S/C23H43N/c1-19-14-10-9-11-15-20(2)24(23(3,4)5)22-17-13-8-6-7-12-16-21(19)18-22/h18-21H,6-17H2,1-5H3. The topological polar surface area (TPSA) is 3.24 Å². The molecule has 2 bridgehead atoms. The van der Waals surface area contributed by atoms with Crippen molar-refractivity contribution in [3.63, 3.8) is 0 Å². The Morgan fingerprint density at radius 1 is 0.792 bits per heavy atom. The Morgan fingerprint density at radius 2 is 1.38 bits per heavy atom. The number of hydrogen-bond donors (Lipinski definition) is 0. The van der Waals surface area contributed by atoms with Gasteiger partial charge >= 0.3 is 0 Å². The molecule has 0 N–H and O–H groups in total. The van der Waals surface area contributed by atoms with Crippen molar-refractivity contribution >= 4 is 0 Å². The van der Waals surface area contributed by atoms with Gasteiger partial charge in [-0.2, -0.15) is 0 Å². The quantitative estimate of drug-likeness (QED) is 0.449. The fraction of sp³-hybridized carbons (Fsp3) is 0.913. The highest BCUT2D eigenvalue weighted by atomic mass is 15.2. The Kier molecular flexibility index (Phi) is 7.69. The molecule has 0 amide bonds. The predicted octanol–water partition coefficient (Wildman–Crippen LogP) is 7.32. The van der Waals surface area contributed by atoms with Crippen molar-refractivity contribution in [2.24, 2.45) is 11.8 Å². The molecule has 140 valence electrons. The SMILES string of the molecule is CC1CCCCCC(C)N(C(C)(C)C)C2=CC1CCCCCCC2. The van der Waals surface area contributed by atoms with Crippen LogP contribution in [-0.2, 0) is 0 Å². The van der Waals surface area contributed by atoms with Gasteiger partial charge in [-0.25, -0.2) is 0 Å². The van der Waals surface area contributed by atoms with Crippen molar-refractivity contribution in [2.75, 3.05) is 0 Å². The van der Waals surface area contributed by atoms with E-state index in [9.17, 15) is 0 Å². The lowest BCUT2D eigenvalue weighted by atomic mass is 9.83. The summed E-state index contributed by atoms with van der Waals surface area (Å²) in [6.07, 6.45) is 19.6. The van der Waals surface area contributed by atoms with E-state index < -0.39 is 0 Å². The Labute approximate surface area is 152 Å². The second-order valence-electron chi connectivity index (χ2n) is 9.63. The molecule has 1 heterocycles. The van der Waals surface area contributed by atoms with E-state index >= 15 is 0 Å². The zero-order valence-corrected chi connectivity index (χ0v) is 17.2. The summed E-state index contributed by atoms with van der Waals surface area (Å²) in [4.78, 5) is 2.81. The Hall–Kier alpha value is -0.460. The molecule has 0 saturated carbocycles. The first-order valence-electron chi connectivity index (χ1n) is 10.9. The maximum atomic E-state index is 2.81. The number of hydrogen-bond acceptors (Lipinski definition) is 1. The molecule has 24 heavy (non-hydrogen) atoms. The molecule has 3 atom stereocenters. The van der Waals surface area contributed by atoms with Crippen LogP contribution in [0.5, 0.6) is 0 Å². The Balaban J connectivity index is 2.36. The molecule has 2 rings (SSSR count). The number of fused-ring (bicyclic) bond motifs is 1.